The Hall–Kier alpha value is -2.18. The van der Waals surface area contributed by atoms with Gasteiger partial charge in [-0.05, 0) is 12.1 Å². The molecule has 0 aliphatic carbocycles. The number of nitrogens with one attached hydrogen (secondary N) is 1. The van der Waals surface area contributed by atoms with Gasteiger partial charge in [-0.2, -0.15) is 0 Å². The Labute approximate surface area is 95.6 Å². The lowest BCUT2D eigenvalue weighted by molar-refractivity contribution is -0.126. The highest BCUT2D eigenvalue weighted by molar-refractivity contribution is 5.99. The van der Waals surface area contributed by atoms with Crippen molar-refractivity contribution < 1.29 is 18.4 Å². The Morgan fingerprint density at radius 1 is 1.24 bits per heavy atom. The summed E-state index contributed by atoms with van der Waals surface area (Å²) in [5.41, 5.74) is 2.58. The minimum absolute atomic E-state index is 0.132. The van der Waals surface area contributed by atoms with E-state index in [0.717, 1.165) is 22.0 Å². The molecule has 1 aromatic carbocycles. The van der Waals surface area contributed by atoms with Crippen LogP contribution in [0, 0.1) is 11.6 Å². The highest BCUT2D eigenvalue weighted by atomic mass is 19.2. The molecule has 1 saturated heterocycles. The predicted molar refractivity (Wildman–Crippen MR) is 55.0 cm³/mol. The van der Waals surface area contributed by atoms with Gasteiger partial charge in [0.05, 0.1) is 5.69 Å². The molecule has 0 aromatic heterocycles. The summed E-state index contributed by atoms with van der Waals surface area (Å²) in [5.74, 6) is -2.46. The summed E-state index contributed by atoms with van der Waals surface area (Å²) >= 11 is 0. The van der Waals surface area contributed by atoms with Gasteiger partial charge in [-0.15, -0.1) is 0 Å². The number of rotatable bonds is 1. The van der Waals surface area contributed by atoms with E-state index in [1.54, 1.807) is 0 Å². The zero-order valence-corrected chi connectivity index (χ0v) is 8.91. The molecule has 0 saturated carbocycles. The van der Waals surface area contributed by atoms with Gasteiger partial charge < -0.3 is 0 Å². The molecule has 1 N–H and O–H groups in total. The quantitative estimate of drug-likeness (QED) is 0.793. The molecule has 0 radical (unpaired) electrons. The summed E-state index contributed by atoms with van der Waals surface area (Å²) in [5, 5.41) is 1.16. The maximum absolute atomic E-state index is 13.0. The van der Waals surface area contributed by atoms with Gasteiger partial charge in [-0.25, -0.2) is 19.0 Å². The third-order valence-electron chi connectivity index (χ3n) is 2.42. The monoisotopic (exact) mass is 241 g/mol. The smallest absolute Gasteiger partial charge is 0.275 e. The van der Waals surface area contributed by atoms with Crippen LogP contribution in [0.3, 0.4) is 0 Å². The van der Waals surface area contributed by atoms with Crippen LogP contribution >= 0.6 is 0 Å². The molecule has 3 amide bonds. The lowest BCUT2D eigenvalue weighted by atomic mass is 10.3. The molecule has 1 heterocycles. The minimum Gasteiger partial charge on any atom is -0.275 e. The van der Waals surface area contributed by atoms with Crippen LogP contribution in [0.25, 0.3) is 0 Å². The largest absolute Gasteiger partial charge is 0.342 e. The maximum atomic E-state index is 13.0. The number of hydrazine groups is 1. The molecule has 0 unspecified atom stereocenters. The van der Waals surface area contributed by atoms with Gasteiger partial charge in [-0.1, -0.05) is 0 Å². The Morgan fingerprint density at radius 2 is 1.94 bits per heavy atom. The van der Waals surface area contributed by atoms with Crippen molar-refractivity contribution in [3.63, 3.8) is 0 Å². The van der Waals surface area contributed by atoms with Gasteiger partial charge in [0.15, 0.2) is 11.6 Å². The fraction of sp³-hybridized carbons (Fsp3) is 0.200. The first-order valence-corrected chi connectivity index (χ1v) is 4.79. The zero-order chi connectivity index (χ0) is 12.6. The highest BCUT2D eigenvalue weighted by Gasteiger charge is 2.28. The molecule has 1 aliphatic rings. The Kier molecular flexibility index (Phi) is 2.66. The van der Waals surface area contributed by atoms with Crippen LogP contribution in [0.15, 0.2) is 18.2 Å². The molecule has 17 heavy (non-hydrogen) atoms. The fourth-order valence-corrected chi connectivity index (χ4v) is 1.39. The highest BCUT2D eigenvalue weighted by Crippen LogP contribution is 2.18. The Balaban J connectivity index is 2.26. The first-order valence-electron chi connectivity index (χ1n) is 4.79. The van der Waals surface area contributed by atoms with Crippen molar-refractivity contribution in [2.45, 2.75) is 0 Å². The Bertz CT molecular complexity index is 474. The van der Waals surface area contributed by atoms with E-state index in [0.29, 0.717) is 0 Å². The number of urea groups is 1. The van der Waals surface area contributed by atoms with E-state index in [9.17, 15) is 18.4 Å². The SMILES string of the molecule is CN1C(=O)CN(c2ccc(F)c(F)c2)NC1=O. The molecule has 1 fully saturated rings. The summed E-state index contributed by atoms with van der Waals surface area (Å²) in [6.45, 7) is -0.132. The van der Waals surface area contributed by atoms with Gasteiger partial charge in [0, 0.05) is 13.1 Å². The summed E-state index contributed by atoms with van der Waals surface area (Å²) in [7, 11) is 1.33. The molecule has 2 rings (SSSR count). The third kappa shape index (κ3) is 2.03. The van der Waals surface area contributed by atoms with E-state index in [-0.39, 0.29) is 12.2 Å². The number of imide groups is 1. The lowest BCUT2D eigenvalue weighted by Crippen LogP contribution is -2.59. The average molecular weight is 241 g/mol. The van der Waals surface area contributed by atoms with E-state index in [4.69, 9.17) is 0 Å². The Morgan fingerprint density at radius 3 is 2.53 bits per heavy atom. The second-order valence-electron chi connectivity index (χ2n) is 3.55. The molecule has 7 heteroatoms. The number of carbonyl (C=O) groups excluding carboxylic acids is 2. The molecule has 0 atom stereocenters. The number of likely N-dealkylation sites (N-methyl/N-ethyl adjacent to an activating group) is 1. The average Bonchev–Trinajstić information content (AvgIpc) is 2.29. The number of hydrogen-bond donors (Lipinski definition) is 1. The van der Waals surface area contributed by atoms with Crippen LogP contribution in [0.1, 0.15) is 0 Å². The molecule has 90 valence electrons. The fourth-order valence-electron chi connectivity index (χ4n) is 1.39. The topological polar surface area (TPSA) is 52.7 Å². The lowest BCUT2D eigenvalue weighted by Gasteiger charge is -2.32. The second kappa shape index (κ2) is 4.00. The van der Waals surface area contributed by atoms with Gasteiger partial charge in [0.1, 0.15) is 6.54 Å². The van der Waals surface area contributed by atoms with Gasteiger partial charge in [0.2, 0.25) is 0 Å². The van der Waals surface area contributed by atoms with Crippen molar-refractivity contribution in [2.24, 2.45) is 0 Å². The number of anilines is 1. The maximum Gasteiger partial charge on any atom is 0.342 e. The van der Waals surface area contributed by atoms with Crippen LogP contribution < -0.4 is 10.4 Å². The van der Waals surface area contributed by atoms with Crippen LogP contribution in [0.5, 0.6) is 0 Å². The van der Waals surface area contributed by atoms with E-state index in [2.05, 4.69) is 5.43 Å². The predicted octanol–water partition coefficient (Wildman–Crippen LogP) is 0.868. The van der Waals surface area contributed by atoms with E-state index < -0.39 is 23.6 Å². The number of carbonyl (C=O) groups is 2. The van der Waals surface area contributed by atoms with E-state index in [1.807, 2.05) is 0 Å². The third-order valence-corrected chi connectivity index (χ3v) is 2.42. The zero-order valence-electron chi connectivity index (χ0n) is 8.91. The molecule has 1 aromatic rings. The number of amides is 3. The number of nitrogens with zero attached hydrogens (tertiary/aromatic N) is 2. The summed E-state index contributed by atoms with van der Waals surface area (Å²) in [4.78, 5) is 23.6. The number of benzene rings is 1. The summed E-state index contributed by atoms with van der Waals surface area (Å²) in [6, 6.07) is 2.50. The van der Waals surface area contributed by atoms with Crippen LogP contribution in [0.4, 0.5) is 19.3 Å². The number of halogens is 2. The van der Waals surface area contributed by atoms with E-state index in [1.165, 1.54) is 13.1 Å². The van der Waals surface area contributed by atoms with Crippen molar-refractivity contribution >= 4 is 17.6 Å². The molecule has 1 aliphatic heterocycles. The van der Waals surface area contributed by atoms with Crippen LogP contribution in [-0.2, 0) is 4.79 Å². The van der Waals surface area contributed by atoms with E-state index >= 15 is 0 Å². The molecular weight excluding hydrogens is 232 g/mol. The normalized spacial score (nSPS) is 16.2. The van der Waals surface area contributed by atoms with Crippen molar-refractivity contribution in [3.05, 3.63) is 29.8 Å². The van der Waals surface area contributed by atoms with Crippen molar-refractivity contribution in [1.82, 2.24) is 10.3 Å². The summed E-state index contributed by atoms with van der Waals surface area (Å²) < 4.78 is 25.7. The van der Waals surface area contributed by atoms with Crippen molar-refractivity contribution in [1.29, 1.82) is 0 Å². The van der Waals surface area contributed by atoms with Gasteiger partial charge in [0.25, 0.3) is 5.91 Å². The first kappa shape index (κ1) is 11.3. The number of hydrogen-bond acceptors (Lipinski definition) is 3. The molecule has 0 bridgehead atoms. The van der Waals surface area contributed by atoms with Crippen molar-refractivity contribution in [2.75, 3.05) is 18.6 Å². The van der Waals surface area contributed by atoms with Gasteiger partial charge in [-0.3, -0.25) is 14.7 Å². The second-order valence-corrected chi connectivity index (χ2v) is 3.55. The van der Waals surface area contributed by atoms with Gasteiger partial charge >= 0.3 is 6.03 Å². The summed E-state index contributed by atoms with van der Waals surface area (Å²) in [6.07, 6.45) is 0. The standard InChI is InChI=1S/C10H9F2N3O2/c1-14-9(16)5-15(13-10(14)17)6-2-3-7(11)8(12)4-6/h2-4H,5H2,1H3,(H,13,17). The molecule has 5 nitrogen and oxygen atoms in total. The first-order chi connectivity index (χ1) is 7.99. The van der Waals surface area contributed by atoms with Crippen LogP contribution in [-0.4, -0.2) is 30.4 Å². The molecular formula is C10H9F2N3O2. The van der Waals surface area contributed by atoms with Crippen LogP contribution in [0.2, 0.25) is 0 Å². The van der Waals surface area contributed by atoms with Crippen molar-refractivity contribution in [3.8, 4) is 0 Å². The molecule has 0 spiro atoms. The minimum atomic E-state index is -1.04.